The number of fused-ring (bicyclic) bond motifs is 4. The molecule has 3 aliphatic rings. The van der Waals surface area contributed by atoms with Crippen molar-refractivity contribution >= 4 is 65.6 Å². The van der Waals surface area contributed by atoms with E-state index in [1.54, 1.807) is 0 Å². The van der Waals surface area contributed by atoms with Crippen LogP contribution in [0.15, 0.2) is 67.7 Å². The second kappa shape index (κ2) is 8.29. The molecule has 42 heavy (non-hydrogen) atoms. The Hall–Kier alpha value is -4.96. The number of nitrogens with zero attached hydrogens (tertiary/aromatic N) is 1. The minimum atomic E-state index is -4.64. The molecule has 3 aromatic carbocycles. The number of allylic oxidation sites excluding steroid dienone is 1. The van der Waals surface area contributed by atoms with E-state index in [0.717, 1.165) is 24.3 Å². The lowest BCUT2D eigenvalue weighted by molar-refractivity contribution is -0.127. The lowest BCUT2D eigenvalue weighted by atomic mass is 9.94. The fourth-order valence-electron chi connectivity index (χ4n) is 5.41. The van der Waals surface area contributed by atoms with Crippen LogP contribution in [0.3, 0.4) is 0 Å². The van der Waals surface area contributed by atoms with E-state index in [9.17, 15) is 45.4 Å². The first-order valence-corrected chi connectivity index (χ1v) is 14.8. The topological polar surface area (TPSA) is 215 Å². The first-order chi connectivity index (χ1) is 19.7. The fourth-order valence-corrected chi connectivity index (χ4v) is 6.43. The summed E-state index contributed by atoms with van der Waals surface area (Å²) in [6.45, 7) is 0. The lowest BCUT2D eigenvalue weighted by Crippen LogP contribution is -2.24. The Kier molecular flexibility index (Phi) is 5.13. The van der Waals surface area contributed by atoms with E-state index in [1.165, 1.54) is 24.3 Å². The number of carbonyl (C=O) groups is 3. The highest BCUT2D eigenvalue weighted by Crippen LogP contribution is 2.47. The van der Waals surface area contributed by atoms with Crippen LogP contribution in [0.2, 0.25) is 0 Å². The van der Waals surface area contributed by atoms with Gasteiger partial charge in [0.05, 0.1) is 31.9 Å². The molecule has 0 saturated heterocycles. The fraction of sp³-hybridized carbons (Fsp3) is 0.0370. The van der Waals surface area contributed by atoms with Crippen molar-refractivity contribution in [1.29, 1.82) is 0 Å². The molecule has 210 valence electrons. The molecule has 0 spiro atoms. The van der Waals surface area contributed by atoms with E-state index in [1.807, 2.05) is 0 Å². The Morgan fingerprint density at radius 2 is 1.48 bits per heavy atom. The van der Waals surface area contributed by atoms with Gasteiger partial charge < -0.3 is 14.3 Å². The van der Waals surface area contributed by atoms with Gasteiger partial charge in [-0.3, -0.25) is 18.7 Å². The van der Waals surface area contributed by atoms with Crippen LogP contribution in [0.25, 0.3) is 27.7 Å². The van der Waals surface area contributed by atoms with Gasteiger partial charge in [0, 0.05) is 28.2 Å². The standard InChI is InChI=1S/C27H13NO12S2/c29-18-5-10-1-2-11(41(33,34)35)6-13(10)21(18)23-15-8-20-16(9-19(15)39-26(23)31)24(27(32)40-20)22-14-7-12(42(36,37)38)3-4-17(14)28-25(22)30/h1-4,6-9,32H,5H2,(H,33,34,35)(H,36,37,38)/b23-21+. The van der Waals surface area contributed by atoms with Gasteiger partial charge in [0.25, 0.3) is 32.1 Å². The molecule has 13 nitrogen and oxygen atoms in total. The van der Waals surface area contributed by atoms with Crippen molar-refractivity contribution in [2.75, 3.05) is 0 Å². The van der Waals surface area contributed by atoms with Crippen molar-refractivity contribution in [1.82, 2.24) is 0 Å². The van der Waals surface area contributed by atoms with Gasteiger partial charge in [0.1, 0.15) is 11.3 Å². The predicted octanol–water partition coefficient (Wildman–Crippen LogP) is 0.946. The number of hydrogen-bond acceptors (Lipinski definition) is 10. The van der Waals surface area contributed by atoms with Crippen LogP contribution in [-0.2, 0) is 41.0 Å². The number of ether oxygens (including phenoxy) is 1. The van der Waals surface area contributed by atoms with Crippen LogP contribution in [0.4, 0.5) is 0 Å². The summed E-state index contributed by atoms with van der Waals surface area (Å²) in [5.41, 5.74) is -0.130. The zero-order valence-electron chi connectivity index (χ0n) is 20.6. The van der Waals surface area contributed by atoms with Gasteiger partial charge >= 0.3 is 5.97 Å². The van der Waals surface area contributed by atoms with Gasteiger partial charge in [-0.05, 0) is 53.6 Å². The van der Waals surface area contributed by atoms with E-state index >= 15 is 0 Å². The molecular weight excluding hydrogens is 594 g/mol. The van der Waals surface area contributed by atoms with Crippen molar-refractivity contribution in [2.24, 2.45) is 4.99 Å². The van der Waals surface area contributed by atoms with Gasteiger partial charge in [0.2, 0.25) is 0 Å². The number of esters is 1. The van der Waals surface area contributed by atoms with Crippen LogP contribution in [0, 0.1) is 0 Å². The Morgan fingerprint density at radius 1 is 0.786 bits per heavy atom. The quantitative estimate of drug-likeness (QED) is 0.128. The second-order valence-corrected chi connectivity index (χ2v) is 12.4. The second-order valence-electron chi connectivity index (χ2n) is 9.61. The molecule has 4 aromatic rings. The van der Waals surface area contributed by atoms with Crippen molar-refractivity contribution in [2.45, 2.75) is 16.2 Å². The number of Topliss-reactive ketones (excluding diaryl/α,β-unsaturated/α-hetero) is 1. The number of carbonyl (C=O) groups excluding carboxylic acids is 3. The molecule has 2 aliphatic heterocycles. The number of ketones is 1. The Morgan fingerprint density at radius 3 is 2.19 bits per heavy atom. The third-order valence-electron chi connectivity index (χ3n) is 7.20. The third-order valence-corrected chi connectivity index (χ3v) is 8.90. The number of benzene rings is 3. The van der Waals surface area contributed by atoms with Crippen molar-refractivity contribution in [3.05, 3.63) is 81.4 Å². The molecule has 1 aromatic heterocycles. The van der Waals surface area contributed by atoms with Crippen LogP contribution in [0.1, 0.15) is 22.3 Å². The smallest absolute Gasteiger partial charge is 0.345 e. The number of furan rings is 1. The molecule has 0 unspecified atom stereocenters. The molecule has 0 atom stereocenters. The SMILES string of the molecule is O=C1N=c2ccc(S(=O)(=O)O)cc2=C1c1c(O)oc2cc3c(cc12)OC(=O)/C3=C1/C(=O)Cc2ccc(S(=O)(=O)O)cc21. The molecule has 3 heterocycles. The van der Waals surface area contributed by atoms with Crippen LogP contribution in [-0.4, -0.2) is 48.7 Å². The van der Waals surface area contributed by atoms with Crippen molar-refractivity contribution in [3.63, 3.8) is 0 Å². The van der Waals surface area contributed by atoms with Gasteiger partial charge in [-0.2, -0.15) is 16.8 Å². The number of amides is 1. The van der Waals surface area contributed by atoms with Gasteiger partial charge in [-0.1, -0.05) is 6.07 Å². The summed E-state index contributed by atoms with van der Waals surface area (Å²) in [5, 5.41) is 10.9. The summed E-state index contributed by atoms with van der Waals surface area (Å²) in [4.78, 5) is 41.9. The van der Waals surface area contributed by atoms with E-state index in [-0.39, 0.29) is 67.1 Å². The van der Waals surface area contributed by atoms with E-state index < -0.39 is 53.6 Å². The average Bonchev–Trinajstić information content (AvgIpc) is 3.58. The molecule has 0 bridgehead atoms. The first-order valence-electron chi connectivity index (χ1n) is 11.9. The Balaban J connectivity index is 1.47. The molecule has 3 N–H and O–H groups in total. The molecule has 15 heteroatoms. The maximum absolute atomic E-state index is 13.1. The molecule has 1 aliphatic carbocycles. The number of aromatic hydroxyl groups is 1. The normalized spacial score (nSPS) is 17.9. The molecule has 1 amide bonds. The number of hydrogen-bond donors (Lipinski definition) is 3. The lowest BCUT2D eigenvalue weighted by Gasteiger charge is -2.05. The summed E-state index contributed by atoms with van der Waals surface area (Å²) in [6, 6.07) is 9.46. The zero-order chi connectivity index (χ0) is 29.9. The van der Waals surface area contributed by atoms with Crippen molar-refractivity contribution < 1.29 is 54.6 Å². The number of rotatable bonds is 3. The summed E-state index contributed by atoms with van der Waals surface area (Å²) in [5.74, 6) is -3.07. The highest BCUT2D eigenvalue weighted by atomic mass is 32.2. The largest absolute Gasteiger partial charge is 0.480 e. The minimum absolute atomic E-state index is 0.00350. The van der Waals surface area contributed by atoms with Gasteiger partial charge in [-0.25, -0.2) is 9.79 Å². The zero-order valence-corrected chi connectivity index (χ0v) is 22.2. The molecule has 7 rings (SSSR count). The maximum atomic E-state index is 13.1. The predicted molar refractivity (Wildman–Crippen MR) is 140 cm³/mol. The summed E-state index contributed by atoms with van der Waals surface area (Å²) < 4.78 is 76.7. The van der Waals surface area contributed by atoms with Crippen LogP contribution < -0.4 is 15.3 Å². The summed E-state index contributed by atoms with van der Waals surface area (Å²) in [7, 11) is -9.26. The molecule has 0 saturated carbocycles. The highest BCUT2D eigenvalue weighted by Gasteiger charge is 2.39. The average molecular weight is 608 g/mol. The summed E-state index contributed by atoms with van der Waals surface area (Å²) in [6.07, 6.45) is -0.134. The van der Waals surface area contributed by atoms with Crippen LogP contribution in [0.5, 0.6) is 11.7 Å². The summed E-state index contributed by atoms with van der Waals surface area (Å²) >= 11 is 0. The van der Waals surface area contributed by atoms with E-state index in [2.05, 4.69) is 4.99 Å². The van der Waals surface area contributed by atoms with E-state index in [4.69, 9.17) is 9.15 Å². The Bertz CT molecular complexity index is 2420. The maximum Gasteiger partial charge on any atom is 0.345 e. The first kappa shape index (κ1) is 26.0. The van der Waals surface area contributed by atoms with Crippen molar-refractivity contribution in [3.8, 4) is 11.7 Å². The molecular formula is C27H13NO12S2. The van der Waals surface area contributed by atoms with Crippen LogP contribution >= 0.6 is 0 Å². The minimum Gasteiger partial charge on any atom is -0.480 e. The monoisotopic (exact) mass is 607 g/mol. The molecule has 0 radical (unpaired) electrons. The van der Waals surface area contributed by atoms with E-state index in [0.29, 0.717) is 5.56 Å². The third kappa shape index (κ3) is 3.68. The molecule has 0 fully saturated rings. The Labute approximate surface area is 234 Å². The van der Waals surface area contributed by atoms with Gasteiger partial charge in [-0.15, -0.1) is 0 Å². The highest BCUT2D eigenvalue weighted by molar-refractivity contribution is 7.86. The van der Waals surface area contributed by atoms with Gasteiger partial charge in [0.15, 0.2) is 5.78 Å².